The molecule has 4 aromatic rings. The molecule has 0 aliphatic rings. The SMILES string of the molecule is c1cnc2nc3ccc4cncnc4c3cc2c1. The van der Waals surface area contributed by atoms with Crippen LogP contribution in [0.5, 0.6) is 0 Å². The van der Waals surface area contributed by atoms with Gasteiger partial charge in [-0.15, -0.1) is 0 Å². The van der Waals surface area contributed by atoms with Crippen molar-refractivity contribution in [2.75, 3.05) is 0 Å². The molecule has 0 radical (unpaired) electrons. The molecule has 0 amide bonds. The molecule has 0 unspecified atom stereocenters. The molecule has 84 valence electrons. The second-order valence-corrected chi connectivity index (χ2v) is 4.13. The fourth-order valence-corrected chi connectivity index (χ4v) is 2.19. The van der Waals surface area contributed by atoms with Gasteiger partial charge < -0.3 is 0 Å². The molecule has 1 aromatic carbocycles. The van der Waals surface area contributed by atoms with Crippen molar-refractivity contribution in [3.05, 3.63) is 49.1 Å². The van der Waals surface area contributed by atoms with Crippen molar-refractivity contribution < 1.29 is 0 Å². The molecule has 0 bridgehead atoms. The van der Waals surface area contributed by atoms with Crippen LogP contribution in [-0.4, -0.2) is 19.9 Å². The van der Waals surface area contributed by atoms with Crippen LogP contribution in [-0.2, 0) is 0 Å². The highest BCUT2D eigenvalue weighted by molar-refractivity contribution is 6.06. The predicted molar refractivity (Wildman–Crippen MR) is 70.1 cm³/mol. The van der Waals surface area contributed by atoms with E-state index in [0.717, 1.165) is 32.8 Å². The highest BCUT2D eigenvalue weighted by Crippen LogP contribution is 2.24. The standard InChI is InChI=1S/C14H8N4/c1-2-9-6-11-12(18-14(9)16-5-1)4-3-10-7-15-8-17-13(10)11/h1-8H. The fraction of sp³-hybridized carbons (Fsp3) is 0. The van der Waals surface area contributed by atoms with Crippen LogP contribution >= 0.6 is 0 Å². The summed E-state index contributed by atoms with van der Waals surface area (Å²) in [5, 5.41) is 3.08. The molecule has 0 saturated carbocycles. The van der Waals surface area contributed by atoms with Gasteiger partial charge in [-0.1, -0.05) is 0 Å². The summed E-state index contributed by atoms with van der Waals surface area (Å²) in [6.45, 7) is 0. The van der Waals surface area contributed by atoms with E-state index in [1.165, 1.54) is 0 Å². The Bertz CT molecular complexity index is 880. The van der Waals surface area contributed by atoms with Gasteiger partial charge in [0.2, 0.25) is 0 Å². The zero-order valence-electron chi connectivity index (χ0n) is 9.41. The van der Waals surface area contributed by atoms with Crippen LogP contribution < -0.4 is 0 Å². The molecule has 4 heteroatoms. The van der Waals surface area contributed by atoms with Crippen molar-refractivity contribution in [3.8, 4) is 0 Å². The zero-order valence-corrected chi connectivity index (χ0v) is 9.41. The van der Waals surface area contributed by atoms with Gasteiger partial charge >= 0.3 is 0 Å². The van der Waals surface area contributed by atoms with Crippen LogP contribution in [0.2, 0.25) is 0 Å². The van der Waals surface area contributed by atoms with Gasteiger partial charge in [0.05, 0.1) is 11.0 Å². The Morgan fingerprint density at radius 1 is 0.944 bits per heavy atom. The van der Waals surface area contributed by atoms with E-state index >= 15 is 0 Å². The van der Waals surface area contributed by atoms with Gasteiger partial charge in [-0.3, -0.25) is 0 Å². The minimum Gasteiger partial charge on any atom is -0.244 e. The van der Waals surface area contributed by atoms with E-state index in [1.807, 2.05) is 30.5 Å². The molecular weight excluding hydrogens is 224 g/mol. The Labute approximate surface area is 102 Å². The van der Waals surface area contributed by atoms with Crippen molar-refractivity contribution in [1.82, 2.24) is 19.9 Å². The van der Waals surface area contributed by atoms with Crippen molar-refractivity contribution in [2.24, 2.45) is 0 Å². The van der Waals surface area contributed by atoms with Gasteiger partial charge in [0.1, 0.15) is 6.33 Å². The average Bonchev–Trinajstić information content (AvgIpc) is 2.45. The summed E-state index contributed by atoms with van der Waals surface area (Å²) in [6, 6.07) is 9.97. The number of nitrogens with zero attached hydrogens (tertiary/aromatic N) is 4. The predicted octanol–water partition coefficient (Wildman–Crippen LogP) is 2.73. The molecule has 18 heavy (non-hydrogen) atoms. The lowest BCUT2D eigenvalue weighted by Gasteiger charge is -2.03. The number of aromatic nitrogens is 4. The Balaban J connectivity index is 2.27. The molecule has 3 aromatic heterocycles. The van der Waals surface area contributed by atoms with Crippen molar-refractivity contribution in [1.29, 1.82) is 0 Å². The number of benzene rings is 1. The second kappa shape index (κ2) is 3.43. The van der Waals surface area contributed by atoms with E-state index in [1.54, 1.807) is 12.5 Å². The molecular formula is C14H8N4. The quantitative estimate of drug-likeness (QED) is 0.345. The second-order valence-electron chi connectivity index (χ2n) is 4.13. The smallest absolute Gasteiger partial charge is 0.159 e. The number of hydrogen-bond donors (Lipinski definition) is 0. The minimum atomic E-state index is 0.762. The largest absolute Gasteiger partial charge is 0.244 e. The van der Waals surface area contributed by atoms with Gasteiger partial charge in [0.15, 0.2) is 5.65 Å². The summed E-state index contributed by atoms with van der Waals surface area (Å²) < 4.78 is 0. The maximum absolute atomic E-state index is 4.56. The maximum atomic E-state index is 4.56. The summed E-state index contributed by atoms with van der Waals surface area (Å²) in [4.78, 5) is 17.2. The van der Waals surface area contributed by atoms with Crippen LogP contribution in [0.4, 0.5) is 0 Å². The highest BCUT2D eigenvalue weighted by atomic mass is 14.8. The normalized spacial score (nSPS) is 11.3. The Hall–Kier alpha value is -2.62. The summed E-state index contributed by atoms with van der Waals surface area (Å²) in [5.74, 6) is 0. The first-order chi connectivity index (χ1) is 8.92. The Kier molecular flexibility index (Phi) is 1.80. The summed E-state index contributed by atoms with van der Waals surface area (Å²) in [6.07, 6.45) is 5.13. The Morgan fingerprint density at radius 2 is 1.94 bits per heavy atom. The highest BCUT2D eigenvalue weighted by Gasteiger charge is 2.05. The maximum Gasteiger partial charge on any atom is 0.159 e. The van der Waals surface area contributed by atoms with Gasteiger partial charge in [0, 0.05) is 28.6 Å². The summed E-state index contributed by atoms with van der Waals surface area (Å²) in [5.41, 5.74) is 2.60. The molecule has 0 atom stereocenters. The van der Waals surface area contributed by atoms with Crippen molar-refractivity contribution >= 4 is 32.8 Å². The van der Waals surface area contributed by atoms with Gasteiger partial charge in [0.25, 0.3) is 0 Å². The first-order valence-corrected chi connectivity index (χ1v) is 5.66. The van der Waals surface area contributed by atoms with E-state index in [2.05, 4.69) is 26.0 Å². The van der Waals surface area contributed by atoms with Crippen LogP contribution in [0.15, 0.2) is 49.1 Å². The summed E-state index contributed by atoms with van der Waals surface area (Å²) in [7, 11) is 0. The first kappa shape index (κ1) is 9.41. The molecule has 4 rings (SSSR count). The van der Waals surface area contributed by atoms with Crippen LogP contribution in [0.3, 0.4) is 0 Å². The van der Waals surface area contributed by atoms with E-state index < -0.39 is 0 Å². The van der Waals surface area contributed by atoms with E-state index in [9.17, 15) is 0 Å². The third-order valence-corrected chi connectivity index (χ3v) is 3.04. The summed E-state index contributed by atoms with van der Waals surface area (Å²) >= 11 is 0. The molecule has 0 saturated heterocycles. The fourth-order valence-electron chi connectivity index (χ4n) is 2.19. The molecule has 0 aliphatic carbocycles. The topological polar surface area (TPSA) is 51.6 Å². The molecule has 4 nitrogen and oxygen atoms in total. The average molecular weight is 232 g/mol. The van der Waals surface area contributed by atoms with E-state index in [4.69, 9.17) is 0 Å². The molecule has 3 heterocycles. The van der Waals surface area contributed by atoms with Crippen molar-refractivity contribution in [2.45, 2.75) is 0 Å². The zero-order chi connectivity index (χ0) is 11.9. The monoisotopic (exact) mass is 232 g/mol. The third kappa shape index (κ3) is 1.26. The molecule has 0 fully saturated rings. The van der Waals surface area contributed by atoms with Crippen LogP contribution in [0.25, 0.3) is 32.8 Å². The lowest BCUT2D eigenvalue weighted by molar-refractivity contribution is 1.23. The van der Waals surface area contributed by atoms with E-state index in [-0.39, 0.29) is 0 Å². The molecule has 0 N–H and O–H groups in total. The van der Waals surface area contributed by atoms with Gasteiger partial charge in [-0.2, -0.15) is 0 Å². The molecule has 0 aliphatic heterocycles. The number of rotatable bonds is 0. The minimum absolute atomic E-state index is 0.762. The first-order valence-electron chi connectivity index (χ1n) is 5.66. The van der Waals surface area contributed by atoms with Crippen LogP contribution in [0.1, 0.15) is 0 Å². The Morgan fingerprint density at radius 3 is 2.94 bits per heavy atom. The third-order valence-electron chi connectivity index (χ3n) is 3.04. The number of pyridine rings is 2. The lowest BCUT2D eigenvalue weighted by atomic mass is 10.1. The lowest BCUT2D eigenvalue weighted by Crippen LogP contribution is -1.88. The van der Waals surface area contributed by atoms with Gasteiger partial charge in [-0.25, -0.2) is 19.9 Å². The van der Waals surface area contributed by atoms with Crippen LogP contribution in [0, 0.1) is 0 Å². The van der Waals surface area contributed by atoms with E-state index in [0.29, 0.717) is 0 Å². The van der Waals surface area contributed by atoms with Gasteiger partial charge in [-0.05, 0) is 30.3 Å². The van der Waals surface area contributed by atoms with Crippen molar-refractivity contribution in [3.63, 3.8) is 0 Å². The number of hydrogen-bond acceptors (Lipinski definition) is 4. The number of fused-ring (bicyclic) bond motifs is 4. The molecule has 0 spiro atoms.